The molecule has 0 atom stereocenters. The molecule has 2 nitrogen and oxygen atoms in total. The third kappa shape index (κ3) is 3.00. The number of rotatable bonds is 3. The number of pyridine rings is 1. The Morgan fingerprint density at radius 3 is 2.82 bits per heavy atom. The molecule has 1 aromatic heterocycles. The maximum atomic E-state index is 8.92. The van der Waals surface area contributed by atoms with E-state index < -0.39 is 0 Å². The summed E-state index contributed by atoms with van der Waals surface area (Å²) in [4.78, 5) is 4.90. The lowest BCUT2D eigenvalue weighted by Gasteiger charge is -2.04. The monoisotopic (exact) mass is 260 g/mol. The van der Waals surface area contributed by atoms with Crippen LogP contribution < -0.4 is 0 Å². The predicted molar refractivity (Wildman–Crippen MR) is 70.0 cm³/mol. The normalized spacial score (nSPS) is 9.88. The SMILES string of the molecule is N#Cc1ncccc1SCc1ccccc1Cl. The number of hydrogen-bond acceptors (Lipinski definition) is 3. The smallest absolute Gasteiger partial charge is 0.153 e. The Bertz CT molecular complexity index is 563. The molecule has 2 aromatic rings. The molecule has 0 spiro atoms. The van der Waals surface area contributed by atoms with E-state index in [-0.39, 0.29) is 0 Å². The van der Waals surface area contributed by atoms with E-state index in [0.29, 0.717) is 5.69 Å². The van der Waals surface area contributed by atoms with Crippen LogP contribution in [-0.2, 0) is 5.75 Å². The third-order valence-electron chi connectivity index (χ3n) is 2.22. The van der Waals surface area contributed by atoms with Crippen molar-refractivity contribution in [3.63, 3.8) is 0 Å². The van der Waals surface area contributed by atoms with Crippen molar-refractivity contribution in [2.75, 3.05) is 0 Å². The van der Waals surface area contributed by atoms with Gasteiger partial charge in [0.15, 0.2) is 5.69 Å². The van der Waals surface area contributed by atoms with Crippen LogP contribution in [0, 0.1) is 11.3 Å². The molecule has 17 heavy (non-hydrogen) atoms. The van der Waals surface area contributed by atoms with Gasteiger partial charge in [0.1, 0.15) is 6.07 Å². The molecule has 1 heterocycles. The molecule has 0 fully saturated rings. The van der Waals surface area contributed by atoms with Crippen molar-refractivity contribution < 1.29 is 0 Å². The molecule has 0 aliphatic rings. The number of aromatic nitrogens is 1. The zero-order valence-corrected chi connectivity index (χ0v) is 10.5. The van der Waals surface area contributed by atoms with Crippen LogP contribution >= 0.6 is 23.4 Å². The van der Waals surface area contributed by atoms with Gasteiger partial charge in [0.05, 0.1) is 0 Å². The quantitative estimate of drug-likeness (QED) is 0.786. The third-order valence-corrected chi connectivity index (χ3v) is 3.68. The number of halogens is 1. The first-order valence-corrected chi connectivity index (χ1v) is 6.39. The Hall–Kier alpha value is -1.50. The fourth-order valence-corrected chi connectivity index (χ4v) is 2.62. The average molecular weight is 261 g/mol. The molecule has 84 valence electrons. The largest absolute Gasteiger partial charge is 0.244 e. The molecule has 1 aromatic carbocycles. The standard InChI is InChI=1S/C13H9ClN2S/c14-11-5-2-1-4-10(11)9-17-13-6-3-7-16-12(13)8-15/h1-7H,9H2. The maximum Gasteiger partial charge on any atom is 0.153 e. The Morgan fingerprint density at radius 1 is 1.24 bits per heavy atom. The fourth-order valence-electron chi connectivity index (χ4n) is 1.36. The second kappa shape index (κ2) is 5.72. The summed E-state index contributed by atoms with van der Waals surface area (Å²) in [5, 5.41) is 9.67. The van der Waals surface area contributed by atoms with E-state index >= 15 is 0 Å². The Balaban J connectivity index is 2.13. The Labute approximate surface area is 109 Å². The molecule has 4 heteroatoms. The van der Waals surface area contributed by atoms with Gasteiger partial charge in [0.2, 0.25) is 0 Å². The van der Waals surface area contributed by atoms with Gasteiger partial charge in [0, 0.05) is 21.9 Å². The zero-order valence-electron chi connectivity index (χ0n) is 8.93. The first-order valence-electron chi connectivity index (χ1n) is 5.02. The van der Waals surface area contributed by atoms with Gasteiger partial charge < -0.3 is 0 Å². The summed E-state index contributed by atoms with van der Waals surface area (Å²) < 4.78 is 0. The summed E-state index contributed by atoms with van der Waals surface area (Å²) in [5.74, 6) is 0.736. The van der Waals surface area contributed by atoms with E-state index in [0.717, 1.165) is 21.2 Å². The minimum Gasteiger partial charge on any atom is -0.244 e. The van der Waals surface area contributed by atoms with Crippen LogP contribution in [0.15, 0.2) is 47.5 Å². The van der Waals surface area contributed by atoms with Gasteiger partial charge in [-0.15, -0.1) is 11.8 Å². The molecule has 0 saturated carbocycles. The van der Waals surface area contributed by atoms with Crippen LogP contribution in [-0.4, -0.2) is 4.98 Å². The van der Waals surface area contributed by atoms with Gasteiger partial charge in [-0.05, 0) is 23.8 Å². The Morgan fingerprint density at radius 2 is 2.06 bits per heavy atom. The van der Waals surface area contributed by atoms with E-state index in [1.165, 1.54) is 0 Å². The van der Waals surface area contributed by atoms with Crippen molar-refractivity contribution in [1.82, 2.24) is 4.98 Å². The van der Waals surface area contributed by atoms with E-state index in [1.807, 2.05) is 36.4 Å². The summed E-state index contributed by atoms with van der Waals surface area (Å²) in [6.07, 6.45) is 1.62. The van der Waals surface area contributed by atoms with Gasteiger partial charge in [-0.1, -0.05) is 29.8 Å². The number of nitrogens with zero attached hydrogens (tertiary/aromatic N) is 2. The van der Waals surface area contributed by atoms with E-state index in [4.69, 9.17) is 16.9 Å². The van der Waals surface area contributed by atoms with Gasteiger partial charge in [-0.2, -0.15) is 5.26 Å². The lowest BCUT2D eigenvalue weighted by molar-refractivity contribution is 1.17. The minimum atomic E-state index is 0.463. The fraction of sp³-hybridized carbons (Fsp3) is 0.0769. The number of thioether (sulfide) groups is 1. The first-order chi connectivity index (χ1) is 8.31. The zero-order chi connectivity index (χ0) is 12.1. The van der Waals surface area contributed by atoms with Gasteiger partial charge in [-0.25, -0.2) is 4.98 Å². The second-order valence-electron chi connectivity index (χ2n) is 3.34. The summed E-state index contributed by atoms with van der Waals surface area (Å²) >= 11 is 7.64. The lowest BCUT2D eigenvalue weighted by Crippen LogP contribution is -1.87. The highest BCUT2D eigenvalue weighted by Gasteiger charge is 2.05. The van der Waals surface area contributed by atoms with Crippen LogP contribution in [0.5, 0.6) is 0 Å². The minimum absolute atomic E-state index is 0.463. The van der Waals surface area contributed by atoms with Crippen LogP contribution in [0.4, 0.5) is 0 Å². The average Bonchev–Trinajstić information content (AvgIpc) is 2.38. The molecule has 0 aliphatic heterocycles. The van der Waals surface area contributed by atoms with Crippen LogP contribution in [0.2, 0.25) is 5.02 Å². The summed E-state index contributed by atoms with van der Waals surface area (Å²) in [6, 6.07) is 13.5. The van der Waals surface area contributed by atoms with Crippen molar-refractivity contribution in [1.29, 1.82) is 5.26 Å². The molecule has 0 aliphatic carbocycles. The van der Waals surface area contributed by atoms with Gasteiger partial charge in [0.25, 0.3) is 0 Å². The molecule has 0 radical (unpaired) electrons. The molecular weight excluding hydrogens is 252 g/mol. The summed E-state index contributed by atoms with van der Waals surface area (Å²) in [5.41, 5.74) is 1.52. The van der Waals surface area contributed by atoms with Gasteiger partial charge in [-0.3, -0.25) is 0 Å². The first kappa shape index (κ1) is 12.0. The van der Waals surface area contributed by atoms with Crippen LogP contribution in [0.3, 0.4) is 0 Å². The maximum absolute atomic E-state index is 8.92. The van der Waals surface area contributed by atoms with Crippen molar-refractivity contribution in [3.8, 4) is 6.07 Å². The lowest BCUT2D eigenvalue weighted by atomic mass is 10.2. The molecule has 0 N–H and O–H groups in total. The molecule has 2 rings (SSSR count). The van der Waals surface area contributed by atoms with Gasteiger partial charge >= 0.3 is 0 Å². The van der Waals surface area contributed by atoms with E-state index in [2.05, 4.69) is 11.1 Å². The highest BCUT2D eigenvalue weighted by atomic mass is 35.5. The van der Waals surface area contributed by atoms with Crippen molar-refractivity contribution in [2.24, 2.45) is 0 Å². The topological polar surface area (TPSA) is 36.7 Å². The highest BCUT2D eigenvalue weighted by Crippen LogP contribution is 2.27. The highest BCUT2D eigenvalue weighted by molar-refractivity contribution is 7.98. The molecule has 0 unspecified atom stereocenters. The van der Waals surface area contributed by atoms with Crippen LogP contribution in [0.25, 0.3) is 0 Å². The molecular formula is C13H9ClN2S. The predicted octanol–water partition coefficient (Wildman–Crippen LogP) is 3.90. The summed E-state index contributed by atoms with van der Waals surface area (Å²) in [6.45, 7) is 0. The molecule has 0 bridgehead atoms. The second-order valence-corrected chi connectivity index (χ2v) is 4.77. The van der Waals surface area contributed by atoms with Crippen molar-refractivity contribution >= 4 is 23.4 Å². The van der Waals surface area contributed by atoms with E-state index in [9.17, 15) is 0 Å². The molecule has 0 saturated heterocycles. The number of hydrogen-bond donors (Lipinski definition) is 0. The molecule has 0 amide bonds. The summed E-state index contributed by atoms with van der Waals surface area (Å²) in [7, 11) is 0. The number of nitriles is 1. The van der Waals surface area contributed by atoms with E-state index in [1.54, 1.807) is 18.0 Å². The van der Waals surface area contributed by atoms with Crippen molar-refractivity contribution in [2.45, 2.75) is 10.6 Å². The number of benzene rings is 1. The van der Waals surface area contributed by atoms with Crippen LogP contribution in [0.1, 0.15) is 11.3 Å². The Kier molecular flexibility index (Phi) is 4.03. The van der Waals surface area contributed by atoms with Crippen molar-refractivity contribution in [3.05, 3.63) is 58.9 Å².